The zero-order valence-electron chi connectivity index (χ0n) is 8.20. The largest absolute Gasteiger partial charge is 0.397 e. The van der Waals surface area contributed by atoms with E-state index in [-0.39, 0.29) is 0 Å². The van der Waals surface area contributed by atoms with E-state index in [9.17, 15) is 0 Å². The van der Waals surface area contributed by atoms with Crippen molar-refractivity contribution in [1.29, 1.82) is 0 Å². The number of nitrogen functional groups attached to an aromatic ring is 2. The molecule has 0 fully saturated rings. The lowest BCUT2D eigenvalue weighted by molar-refractivity contribution is 1.09. The van der Waals surface area contributed by atoms with E-state index >= 15 is 0 Å². The molecule has 0 saturated heterocycles. The second kappa shape index (κ2) is 3.91. The SMILES string of the molecule is Nc1ccc(NCc2cn[nH]c2)cc1N. The average molecular weight is 203 g/mol. The number of hydrogen-bond acceptors (Lipinski definition) is 4. The van der Waals surface area contributed by atoms with Crippen molar-refractivity contribution in [3.05, 3.63) is 36.2 Å². The smallest absolute Gasteiger partial charge is 0.0568 e. The Labute approximate surface area is 87.5 Å². The summed E-state index contributed by atoms with van der Waals surface area (Å²) in [5, 5.41) is 9.83. The van der Waals surface area contributed by atoms with Crippen molar-refractivity contribution in [3.8, 4) is 0 Å². The van der Waals surface area contributed by atoms with Crippen molar-refractivity contribution in [2.75, 3.05) is 16.8 Å². The van der Waals surface area contributed by atoms with E-state index in [1.54, 1.807) is 12.3 Å². The first-order valence-corrected chi connectivity index (χ1v) is 4.62. The number of benzene rings is 1. The van der Waals surface area contributed by atoms with Crippen molar-refractivity contribution in [3.63, 3.8) is 0 Å². The highest BCUT2D eigenvalue weighted by Gasteiger charge is 1.97. The van der Waals surface area contributed by atoms with Crippen LogP contribution in [0.5, 0.6) is 0 Å². The Kier molecular flexibility index (Phi) is 2.45. The van der Waals surface area contributed by atoms with Crippen LogP contribution in [-0.2, 0) is 6.54 Å². The van der Waals surface area contributed by atoms with Crippen LogP contribution in [0.4, 0.5) is 17.1 Å². The van der Waals surface area contributed by atoms with Gasteiger partial charge in [-0.05, 0) is 18.2 Å². The van der Waals surface area contributed by atoms with E-state index in [1.807, 2.05) is 18.3 Å². The summed E-state index contributed by atoms with van der Waals surface area (Å²) in [6, 6.07) is 5.49. The van der Waals surface area contributed by atoms with Gasteiger partial charge in [-0.1, -0.05) is 0 Å². The molecule has 0 amide bonds. The van der Waals surface area contributed by atoms with Gasteiger partial charge >= 0.3 is 0 Å². The van der Waals surface area contributed by atoms with Crippen LogP contribution in [0.25, 0.3) is 0 Å². The molecular weight excluding hydrogens is 190 g/mol. The molecule has 0 aliphatic heterocycles. The molecule has 2 rings (SSSR count). The average Bonchev–Trinajstić information content (AvgIpc) is 2.73. The number of hydrogen-bond donors (Lipinski definition) is 4. The summed E-state index contributed by atoms with van der Waals surface area (Å²) >= 11 is 0. The summed E-state index contributed by atoms with van der Waals surface area (Å²) in [4.78, 5) is 0. The Balaban J connectivity index is 2.02. The molecule has 6 N–H and O–H groups in total. The van der Waals surface area contributed by atoms with E-state index in [2.05, 4.69) is 15.5 Å². The number of aromatic nitrogens is 2. The lowest BCUT2D eigenvalue weighted by atomic mass is 10.2. The lowest BCUT2D eigenvalue weighted by Gasteiger charge is -2.06. The van der Waals surface area contributed by atoms with Gasteiger partial charge in [-0.25, -0.2) is 0 Å². The van der Waals surface area contributed by atoms with Gasteiger partial charge in [0.1, 0.15) is 0 Å². The molecule has 5 heteroatoms. The van der Waals surface area contributed by atoms with Crippen LogP contribution < -0.4 is 16.8 Å². The molecule has 5 nitrogen and oxygen atoms in total. The first-order valence-electron chi connectivity index (χ1n) is 4.62. The highest BCUT2D eigenvalue weighted by Crippen LogP contribution is 2.19. The van der Waals surface area contributed by atoms with Gasteiger partial charge in [-0.2, -0.15) is 5.10 Å². The zero-order chi connectivity index (χ0) is 10.7. The highest BCUT2D eigenvalue weighted by atomic mass is 15.1. The monoisotopic (exact) mass is 203 g/mol. The fraction of sp³-hybridized carbons (Fsp3) is 0.100. The third-order valence-corrected chi connectivity index (χ3v) is 2.14. The molecule has 1 aromatic heterocycles. The van der Waals surface area contributed by atoms with Gasteiger partial charge in [0.05, 0.1) is 17.6 Å². The lowest BCUT2D eigenvalue weighted by Crippen LogP contribution is -2.00. The minimum Gasteiger partial charge on any atom is -0.397 e. The molecule has 0 unspecified atom stereocenters. The predicted molar refractivity (Wildman–Crippen MR) is 61.2 cm³/mol. The number of anilines is 3. The summed E-state index contributed by atoms with van der Waals surface area (Å²) in [5.74, 6) is 0. The molecule has 1 heterocycles. The van der Waals surface area contributed by atoms with Crippen molar-refractivity contribution >= 4 is 17.1 Å². The van der Waals surface area contributed by atoms with E-state index in [4.69, 9.17) is 11.5 Å². The van der Waals surface area contributed by atoms with Crippen LogP contribution in [0.1, 0.15) is 5.56 Å². The molecule has 0 aliphatic rings. The molecule has 0 spiro atoms. The molecule has 0 radical (unpaired) electrons. The quantitative estimate of drug-likeness (QED) is 0.564. The summed E-state index contributed by atoms with van der Waals surface area (Å²) in [5.41, 5.74) is 14.5. The normalized spacial score (nSPS) is 10.1. The van der Waals surface area contributed by atoms with Gasteiger partial charge in [0, 0.05) is 24.0 Å². The first kappa shape index (κ1) is 9.39. The van der Waals surface area contributed by atoms with Crippen molar-refractivity contribution in [2.24, 2.45) is 0 Å². The molecule has 15 heavy (non-hydrogen) atoms. The molecule has 2 aromatic rings. The summed E-state index contributed by atoms with van der Waals surface area (Å²) < 4.78 is 0. The first-order chi connectivity index (χ1) is 7.25. The molecule has 1 aromatic carbocycles. The van der Waals surface area contributed by atoms with Crippen molar-refractivity contribution in [1.82, 2.24) is 10.2 Å². The maximum Gasteiger partial charge on any atom is 0.0568 e. The second-order valence-corrected chi connectivity index (χ2v) is 3.30. The zero-order valence-corrected chi connectivity index (χ0v) is 8.20. The van der Waals surface area contributed by atoms with Gasteiger partial charge in [0.25, 0.3) is 0 Å². The molecule has 78 valence electrons. The van der Waals surface area contributed by atoms with Crippen LogP contribution in [0.15, 0.2) is 30.6 Å². The van der Waals surface area contributed by atoms with Crippen LogP contribution >= 0.6 is 0 Å². The second-order valence-electron chi connectivity index (χ2n) is 3.30. The topological polar surface area (TPSA) is 92.7 Å². The molecule has 0 bridgehead atoms. The van der Waals surface area contributed by atoms with E-state index in [0.29, 0.717) is 17.9 Å². The van der Waals surface area contributed by atoms with Crippen LogP contribution in [-0.4, -0.2) is 10.2 Å². The van der Waals surface area contributed by atoms with Gasteiger partial charge in [-0.15, -0.1) is 0 Å². The van der Waals surface area contributed by atoms with Gasteiger partial charge in [-0.3, -0.25) is 5.10 Å². The summed E-state index contributed by atoms with van der Waals surface area (Å²) in [6.07, 6.45) is 3.61. The van der Waals surface area contributed by atoms with Gasteiger partial charge in [0.2, 0.25) is 0 Å². The number of H-pyrrole nitrogens is 1. The maximum atomic E-state index is 5.69. The third kappa shape index (κ3) is 2.19. The van der Waals surface area contributed by atoms with E-state index in [0.717, 1.165) is 11.3 Å². The fourth-order valence-electron chi connectivity index (χ4n) is 1.26. The predicted octanol–water partition coefficient (Wildman–Crippen LogP) is 1.19. The van der Waals surface area contributed by atoms with Crippen LogP contribution in [0.3, 0.4) is 0 Å². The maximum absolute atomic E-state index is 5.69. The van der Waals surface area contributed by atoms with E-state index in [1.165, 1.54) is 0 Å². The Hall–Kier alpha value is -2.17. The molecule has 0 atom stereocenters. The molecule has 0 aliphatic carbocycles. The van der Waals surface area contributed by atoms with Crippen LogP contribution in [0.2, 0.25) is 0 Å². The molecule has 0 saturated carbocycles. The van der Waals surface area contributed by atoms with Gasteiger partial charge in [0.15, 0.2) is 0 Å². The highest BCUT2D eigenvalue weighted by molar-refractivity contribution is 5.69. The Morgan fingerprint density at radius 2 is 2.13 bits per heavy atom. The van der Waals surface area contributed by atoms with Crippen molar-refractivity contribution < 1.29 is 0 Å². The third-order valence-electron chi connectivity index (χ3n) is 2.14. The fourth-order valence-corrected chi connectivity index (χ4v) is 1.26. The van der Waals surface area contributed by atoms with Crippen LogP contribution in [0, 0.1) is 0 Å². The number of nitrogens with two attached hydrogens (primary N) is 2. The Morgan fingerprint density at radius 3 is 2.80 bits per heavy atom. The molecular formula is C10H13N5. The van der Waals surface area contributed by atoms with Crippen molar-refractivity contribution in [2.45, 2.75) is 6.54 Å². The van der Waals surface area contributed by atoms with E-state index < -0.39 is 0 Å². The number of rotatable bonds is 3. The number of aromatic amines is 1. The minimum absolute atomic E-state index is 0.590. The minimum atomic E-state index is 0.590. The number of nitrogens with one attached hydrogen (secondary N) is 2. The van der Waals surface area contributed by atoms with Gasteiger partial charge < -0.3 is 16.8 Å². The standard InChI is InChI=1S/C10H13N5/c11-9-2-1-8(3-10(9)12)13-4-7-5-14-15-6-7/h1-3,5-6,13H,4,11-12H2,(H,14,15). The summed E-state index contributed by atoms with van der Waals surface area (Å²) in [7, 11) is 0. The Morgan fingerprint density at radius 1 is 1.27 bits per heavy atom. The summed E-state index contributed by atoms with van der Waals surface area (Å²) in [6.45, 7) is 0.708. The Bertz CT molecular complexity index is 435. The number of nitrogens with zero attached hydrogens (tertiary/aromatic N) is 1.